The van der Waals surface area contributed by atoms with E-state index in [1.807, 2.05) is 0 Å². The minimum atomic E-state index is 0.368. The van der Waals surface area contributed by atoms with E-state index in [9.17, 15) is 0 Å². The fourth-order valence-electron chi connectivity index (χ4n) is 5.05. The fraction of sp³-hybridized carbons (Fsp3) is 0.419. The van der Waals surface area contributed by atoms with Crippen molar-refractivity contribution < 1.29 is 14.2 Å². The topological polar surface area (TPSA) is 37.6 Å². The largest absolute Gasteiger partial charge is 0.373 e. The van der Waals surface area contributed by atoms with E-state index in [4.69, 9.17) is 14.2 Å². The minimum absolute atomic E-state index is 0.368. The second kappa shape index (κ2) is 9.65. The summed E-state index contributed by atoms with van der Waals surface area (Å²) >= 11 is 0. The van der Waals surface area contributed by atoms with E-state index in [-0.39, 0.29) is 0 Å². The van der Waals surface area contributed by atoms with Gasteiger partial charge in [-0.25, -0.2) is 0 Å². The molecule has 3 nitrogen and oxygen atoms in total. The van der Waals surface area contributed by atoms with Crippen LogP contribution in [0.5, 0.6) is 0 Å². The molecule has 0 N–H and O–H groups in total. The zero-order valence-corrected chi connectivity index (χ0v) is 20.0. The first-order valence-corrected chi connectivity index (χ1v) is 12.8. The summed E-state index contributed by atoms with van der Waals surface area (Å²) in [7, 11) is 0. The third-order valence-corrected chi connectivity index (χ3v) is 7.50. The summed E-state index contributed by atoms with van der Waals surface area (Å²) in [5.74, 6) is 0.835. The highest BCUT2D eigenvalue weighted by Crippen LogP contribution is 2.36. The molecule has 0 aliphatic carbocycles. The molecule has 0 amide bonds. The molecule has 0 bridgehead atoms. The standard InChI is InChI=1S/C31H34O3/c1-21(25-8-2-22(3-9-25)15-28-18-32-28)14-31(26-10-4-23(5-11-26)16-29-19-33-29)27-12-6-24(7-13-27)17-30-20-34-30/h2-13,21,28-31H,14-20H2,1H3. The Morgan fingerprint density at radius 1 is 0.559 bits per heavy atom. The number of epoxide rings is 3. The number of ether oxygens (including phenoxy) is 3. The van der Waals surface area contributed by atoms with E-state index in [0.29, 0.717) is 30.1 Å². The van der Waals surface area contributed by atoms with E-state index >= 15 is 0 Å². The Labute approximate surface area is 203 Å². The van der Waals surface area contributed by atoms with Crippen molar-refractivity contribution in [2.45, 2.75) is 62.8 Å². The third kappa shape index (κ3) is 5.78. The van der Waals surface area contributed by atoms with Gasteiger partial charge in [0, 0.05) is 25.2 Å². The lowest BCUT2D eigenvalue weighted by Crippen LogP contribution is -2.07. The molecular formula is C31H34O3. The van der Waals surface area contributed by atoms with Crippen LogP contribution in [0.15, 0.2) is 72.8 Å². The zero-order chi connectivity index (χ0) is 22.9. The van der Waals surface area contributed by atoms with Gasteiger partial charge in [0.05, 0.1) is 38.1 Å². The summed E-state index contributed by atoms with van der Waals surface area (Å²) in [5, 5.41) is 0. The van der Waals surface area contributed by atoms with Crippen molar-refractivity contribution in [3.05, 3.63) is 106 Å². The SMILES string of the molecule is CC(CC(c1ccc(CC2CO2)cc1)c1ccc(CC2CO2)cc1)c1ccc(CC2CO2)cc1. The number of rotatable bonds is 11. The molecule has 6 rings (SSSR count). The average Bonchev–Trinajstić information content (AvgIpc) is 3.70. The molecule has 0 spiro atoms. The third-order valence-electron chi connectivity index (χ3n) is 7.50. The summed E-state index contributed by atoms with van der Waals surface area (Å²) in [6.07, 6.45) is 5.47. The summed E-state index contributed by atoms with van der Waals surface area (Å²) in [4.78, 5) is 0. The van der Waals surface area contributed by atoms with Gasteiger partial charge in [-0.1, -0.05) is 79.7 Å². The van der Waals surface area contributed by atoms with Gasteiger partial charge in [0.15, 0.2) is 0 Å². The summed E-state index contributed by atoms with van der Waals surface area (Å²) in [5.41, 5.74) is 8.32. The molecule has 0 aromatic heterocycles. The van der Waals surface area contributed by atoms with E-state index in [1.165, 1.54) is 33.4 Å². The second-order valence-electron chi connectivity index (χ2n) is 10.4. The van der Waals surface area contributed by atoms with Gasteiger partial charge in [0.25, 0.3) is 0 Å². The van der Waals surface area contributed by atoms with Gasteiger partial charge in [-0.2, -0.15) is 0 Å². The highest BCUT2D eigenvalue weighted by Gasteiger charge is 2.25. The van der Waals surface area contributed by atoms with Crippen molar-refractivity contribution in [1.29, 1.82) is 0 Å². The Hall–Kier alpha value is -2.46. The minimum Gasteiger partial charge on any atom is -0.373 e. The molecule has 4 unspecified atom stereocenters. The van der Waals surface area contributed by atoms with Crippen molar-refractivity contribution in [1.82, 2.24) is 0 Å². The van der Waals surface area contributed by atoms with Gasteiger partial charge in [-0.15, -0.1) is 0 Å². The highest BCUT2D eigenvalue weighted by molar-refractivity contribution is 5.37. The van der Waals surface area contributed by atoms with Gasteiger partial charge < -0.3 is 14.2 Å². The Morgan fingerprint density at radius 3 is 1.21 bits per heavy atom. The zero-order valence-electron chi connectivity index (χ0n) is 20.0. The van der Waals surface area contributed by atoms with Crippen LogP contribution in [0, 0.1) is 0 Å². The first-order valence-electron chi connectivity index (χ1n) is 12.8. The quantitative estimate of drug-likeness (QED) is 0.342. The Balaban J connectivity index is 1.21. The first kappa shape index (κ1) is 22.0. The molecule has 3 aromatic carbocycles. The van der Waals surface area contributed by atoms with Crippen LogP contribution in [0.3, 0.4) is 0 Å². The number of hydrogen-bond acceptors (Lipinski definition) is 3. The average molecular weight is 455 g/mol. The van der Waals surface area contributed by atoms with Crippen molar-refractivity contribution in [2.24, 2.45) is 0 Å². The van der Waals surface area contributed by atoms with Crippen LogP contribution in [0.4, 0.5) is 0 Å². The lowest BCUT2D eigenvalue weighted by Gasteiger charge is -2.23. The Bertz CT molecular complexity index is 1020. The van der Waals surface area contributed by atoms with Crippen LogP contribution in [0.1, 0.15) is 58.6 Å². The molecule has 3 heterocycles. The van der Waals surface area contributed by atoms with Gasteiger partial charge in [-0.3, -0.25) is 0 Å². The van der Waals surface area contributed by atoms with E-state index in [2.05, 4.69) is 79.7 Å². The van der Waals surface area contributed by atoms with Gasteiger partial charge in [0.1, 0.15) is 0 Å². The summed E-state index contributed by atoms with van der Waals surface area (Å²) in [6, 6.07) is 27.7. The predicted octanol–water partition coefficient (Wildman–Crippen LogP) is 5.84. The lowest BCUT2D eigenvalue weighted by atomic mass is 9.81. The maximum atomic E-state index is 5.42. The molecule has 3 fully saturated rings. The van der Waals surface area contributed by atoms with Crippen LogP contribution < -0.4 is 0 Å². The van der Waals surface area contributed by atoms with Crippen molar-refractivity contribution >= 4 is 0 Å². The number of hydrogen-bond donors (Lipinski definition) is 0. The molecule has 0 radical (unpaired) electrons. The van der Waals surface area contributed by atoms with Crippen molar-refractivity contribution in [2.75, 3.05) is 19.8 Å². The normalized spacial score (nSPS) is 24.4. The smallest absolute Gasteiger partial charge is 0.0850 e. The van der Waals surface area contributed by atoms with Crippen molar-refractivity contribution in [3.63, 3.8) is 0 Å². The second-order valence-corrected chi connectivity index (χ2v) is 10.4. The molecule has 176 valence electrons. The van der Waals surface area contributed by atoms with Gasteiger partial charge >= 0.3 is 0 Å². The van der Waals surface area contributed by atoms with Crippen LogP contribution in [0.25, 0.3) is 0 Å². The molecule has 0 saturated carbocycles. The van der Waals surface area contributed by atoms with E-state index in [0.717, 1.165) is 45.5 Å². The molecule has 3 saturated heterocycles. The Kier molecular flexibility index (Phi) is 6.26. The molecule has 3 aliphatic rings. The monoisotopic (exact) mass is 454 g/mol. The van der Waals surface area contributed by atoms with Crippen LogP contribution in [-0.2, 0) is 33.5 Å². The summed E-state index contributed by atoms with van der Waals surface area (Å²) in [6.45, 7) is 5.10. The summed E-state index contributed by atoms with van der Waals surface area (Å²) < 4.78 is 16.2. The first-order chi connectivity index (χ1) is 16.7. The van der Waals surface area contributed by atoms with E-state index < -0.39 is 0 Å². The van der Waals surface area contributed by atoms with Gasteiger partial charge in [-0.05, 0) is 45.7 Å². The Morgan fingerprint density at radius 2 is 0.882 bits per heavy atom. The van der Waals surface area contributed by atoms with Gasteiger partial charge in [0.2, 0.25) is 0 Å². The van der Waals surface area contributed by atoms with Crippen molar-refractivity contribution in [3.8, 4) is 0 Å². The molecule has 3 heteroatoms. The lowest BCUT2D eigenvalue weighted by molar-refractivity contribution is 0.407. The van der Waals surface area contributed by atoms with Crippen LogP contribution >= 0.6 is 0 Å². The predicted molar refractivity (Wildman–Crippen MR) is 135 cm³/mol. The van der Waals surface area contributed by atoms with E-state index in [1.54, 1.807) is 0 Å². The molecular weight excluding hydrogens is 420 g/mol. The van der Waals surface area contributed by atoms with Crippen LogP contribution in [0.2, 0.25) is 0 Å². The number of benzene rings is 3. The molecule has 34 heavy (non-hydrogen) atoms. The molecule has 3 aromatic rings. The maximum Gasteiger partial charge on any atom is 0.0850 e. The molecule has 4 atom stereocenters. The van der Waals surface area contributed by atoms with Crippen LogP contribution in [-0.4, -0.2) is 38.1 Å². The molecule has 3 aliphatic heterocycles. The highest BCUT2D eigenvalue weighted by atomic mass is 16.6. The maximum absolute atomic E-state index is 5.42. The fourth-order valence-corrected chi connectivity index (χ4v) is 5.05.